The third kappa shape index (κ3) is 3.51. The van der Waals surface area contributed by atoms with Crippen LogP contribution in [0.3, 0.4) is 0 Å². The molecule has 0 aliphatic rings. The zero-order chi connectivity index (χ0) is 19.7. The van der Waals surface area contributed by atoms with E-state index in [-0.39, 0.29) is 5.91 Å². The molecular weight excluding hydrogens is 374 g/mol. The maximum atomic E-state index is 12.6. The van der Waals surface area contributed by atoms with E-state index in [0.717, 1.165) is 5.69 Å². The van der Waals surface area contributed by atoms with Crippen molar-refractivity contribution in [1.29, 1.82) is 0 Å². The van der Waals surface area contributed by atoms with Crippen molar-refractivity contribution in [2.24, 2.45) is 0 Å². The van der Waals surface area contributed by atoms with Crippen molar-refractivity contribution in [3.63, 3.8) is 0 Å². The van der Waals surface area contributed by atoms with Crippen LogP contribution in [0.5, 0.6) is 0 Å². The molecule has 0 bridgehead atoms. The van der Waals surface area contributed by atoms with Gasteiger partial charge in [0.05, 0.1) is 23.5 Å². The Bertz CT molecular complexity index is 1140. The molecule has 0 aliphatic heterocycles. The molecule has 4 rings (SSSR count). The third-order valence-electron chi connectivity index (χ3n) is 4.84. The molecule has 6 nitrogen and oxygen atoms in total. The van der Waals surface area contributed by atoms with Crippen LogP contribution in [0.4, 0.5) is 5.82 Å². The Morgan fingerprint density at radius 1 is 1.18 bits per heavy atom. The number of nitrogens with zero attached hydrogens (tertiary/aromatic N) is 4. The molecule has 4 aromatic rings. The Labute approximate surface area is 167 Å². The van der Waals surface area contributed by atoms with Gasteiger partial charge >= 0.3 is 0 Å². The van der Waals surface area contributed by atoms with Gasteiger partial charge in [-0.25, -0.2) is 0 Å². The monoisotopic (exact) mass is 393 g/mol. The lowest BCUT2D eigenvalue weighted by atomic mass is 10.0. The number of carbonyl (C=O) groups excluding carboxylic acids is 1. The van der Waals surface area contributed by atoms with Crippen LogP contribution in [0.1, 0.15) is 24.2 Å². The Morgan fingerprint density at radius 3 is 2.75 bits per heavy atom. The molecule has 1 N–H and O–H groups in total. The van der Waals surface area contributed by atoms with E-state index in [1.165, 1.54) is 16.3 Å². The van der Waals surface area contributed by atoms with E-state index in [0.29, 0.717) is 17.4 Å². The van der Waals surface area contributed by atoms with Crippen molar-refractivity contribution >= 4 is 34.1 Å². The van der Waals surface area contributed by atoms with Gasteiger partial charge in [0, 0.05) is 12.3 Å². The van der Waals surface area contributed by atoms with E-state index in [1.807, 2.05) is 36.0 Å². The van der Waals surface area contributed by atoms with Crippen LogP contribution in [0.25, 0.3) is 10.8 Å². The van der Waals surface area contributed by atoms with E-state index in [1.54, 1.807) is 23.9 Å². The van der Waals surface area contributed by atoms with Gasteiger partial charge in [0.2, 0.25) is 5.91 Å². The number of hydrogen-bond donors (Lipinski definition) is 1. The van der Waals surface area contributed by atoms with Crippen molar-refractivity contribution in [3.8, 4) is 0 Å². The first-order valence-corrected chi connectivity index (χ1v) is 9.41. The van der Waals surface area contributed by atoms with Gasteiger partial charge in [0.1, 0.15) is 6.04 Å². The van der Waals surface area contributed by atoms with E-state index < -0.39 is 6.04 Å². The minimum Gasteiger partial charge on any atom is -0.307 e. The molecule has 142 valence electrons. The minimum atomic E-state index is -0.490. The predicted molar refractivity (Wildman–Crippen MR) is 111 cm³/mol. The summed E-state index contributed by atoms with van der Waals surface area (Å²) in [7, 11) is 0. The number of carbonyl (C=O) groups is 1. The molecular formula is C21H20ClN5O. The van der Waals surface area contributed by atoms with Crippen LogP contribution in [-0.2, 0) is 11.3 Å². The molecule has 2 aromatic heterocycles. The summed E-state index contributed by atoms with van der Waals surface area (Å²) in [5.41, 5.74) is 1.93. The second kappa shape index (κ2) is 7.48. The number of hydrogen-bond acceptors (Lipinski definition) is 3. The summed E-state index contributed by atoms with van der Waals surface area (Å²) in [6, 6.07) is 15.8. The lowest BCUT2D eigenvalue weighted by molar-refractivity contribution is -0.119. The maximum Gasteiger partial charge on any atom is 0.250 e. The second-order valence-electron chi connectivity index (χ2n) is 6.72. The summed E-state index contributed by atoms with van der Waals surface area (Å²) < 4.78 is 3.42. The molecule has 0 fully saturated rings. The van der Waals surface area contributed by atoms with E-state index in [4.69, 9.17) is 11.6 Å². The van der Waals surface area contributed by atoms with E-state index >= 15 is 0 Å². The standard InChI is InChI=1S/C21H20ClN5O/c1-14-19(22)12-23-27(14)15(2)21(28)24-20-10-11-26(25-20)13-17-8-5-7-16-6-3-4-9-18(16)17/h3-12,15H,13H2,1-2H3,(H,24,25,28). The van der Waals surface area contributed by atoms with Crippen molar-refractivity contribution < 1.29 is 4.79 Å². The van der Waals surface area contributed by atoms with Gasteiger partial charge in [-0.2, -0.15) is 10.2 Å². The highest BCUT2D eigenvalue weighted by Gasteiger charge is 2.19. The fourth-order valence-corrected chi connectivity index (χ4v) is 3.39. The summed E-state index contributed by atoms with van der Waals surface area (Å²) in [4.78, 5) is 12.6. The first-order chi connectivity index (χ1) is 13.5. The highest BCUT2D eigenvalue weighted by Crippen LogP contribution is 2.21. The first kappa shape index (κ1) is 18.3. The maximum absolute atomic E-state index is 12.6. The normalized spacial score (nSPS) is 12.2. The van der Waals surface area contributed by atoms with Crippen molar-refractivity contribution in [2.45, 2.75) is 26.4 Å². The average Bonchev–Trinajstić information content (AvgIpc) is 3.28. The van der Waals surface area contributed by atoms with E-state index in [9.17, 15) is 4.79 Å². The number of anilines is 1. The van der Waals surface area contributed by atoms with Crippen LogP contribution < -0.4 is 5.32 Å². The smallest absolute Gasteiger partial charge is 0.250 e. The summed E-state index contributed by atoms with van der Waals surface area (Å²) in [6.45, 7) is 4.23. The zero-order valence-electron chi connectivity index (χ0n) is 15.6. The van der Waals surface area contributed by atoms with Gasteiger partial charge in [-0.1, -0.05) is 54.1 Å². The summed E-state index contributed by atoms with van der Waals surface area (Å²) >= 11 is 6.03. The minimum absolute atomic E-state index is 0.196. The largest absolute Gasteiger partial charge is 0.307 e. The molecule has 0 aliphatic carbocycles. The fraction of sp³-hybridized carbons (Fsp3) is 0.190. The zero-order valence-corrected chi connectivity index (χ0v) is 16.4. The van der Waals surface area contributed by atoms with Crippen LogP contribution >= 0.6 is 11.6 Å². The number of benzene rings is 2. The van der Waals surface area contributed by atoms with Gasteiger partial charge in [-0.05, 0) is 30.2 Å². The Kier molecular flexibility index (Phi) is 4.88. The SMILES string of the molecule is Cc1c(Cl)cnn1C(C)C(=O)Nc1ccn(Cc2cccc3ccccc23)n1. The average molecular weight is 394 g/mol. The highest BCUT2D eigenvalue weighted by atomic mass is 35.5. The Morgan fingerprint density at radius 2 is 1.96 bits per heavy atom. The molecule has 1 amide bonds. The lowest BCUT2D eigenvalue weighted by Crippen LogP contribution is -2.25. The molecule has 0 spiro atoms. The molecule has 0 saturated carbocycles. The second-order valence-corrected chi connectivity index (χ2v) is 7.13. The number of fused-ring (bicyclic) bond motifs is 1. The molecule has 2 heterocycles. The number of amides is 1. The fourth-order valence-electron chi connectivity index (χ4n) is 3.26. The lowest BCUT2D eigenvalue weighted by Gasteiger charge is -2.13. The molecule has 7 heteroatoms. The van der Waals surface area contributed by atoms with E-state index in [2.05, 4.69) is 39.8 Å². The molecule has 1 unspecified atom stereocenters. The number of halogens is 1. The molecule has 0 saturated heterocycles. The topological polar surface area (TPSA) is 64.7 Å². The van der Waals surface area contributed by atoms with Crippen LogP contribution in [0.2, 0.25) is 5.02 Å². The van der Waals surface area contributed by atoms with Crippen molar-refractivity contribution in [3.05, 3.63) is 77.2 Å². The van der Waals surface area contributed by atoms with Crippen molar-refractivity contribution in [1.82, 2.24) is 19.6 Å². The number of rotatable bonds is 5. The van der Waals surface area contributed by atoms with Crippen molar-refractivity contribution in [2.75, 3.05) is 5.32 Å². The Hall–Kier alpha value is -3.12. The van der Waals surface area contributed by atoms with Gasteiger partial charge in [0.15, 0.2) is 5.82 Å². The van der Waals surface area contributed by atoms with Crippen LogP contribution in [0, 0.1) is 6.92 Å². The molecule has 28 heavy (non-hydrogen) atoms. The summed E-state index contributed by atoms with van der Waals surface area (Å²) in [6.07, 6.45) is 3.40. The van der Waals surface area contributed by atoms with Crippen LogP contribution in [-0.4, -0.2) is 25.5 Å². The third-order valence-corrected chi connectivity index (χ3v) is 5.21. The number of aromatic nitrogens is 4. The molecule has 0 radical (unpaired) electrons. The molecule has 1 atom stereocenters. The van der Waals surface area contributed by atoms with Gasteiger partial charge in [-0.15, -0.1) is 0 Å². The first-order valence-electron chi connectivity index (χ1n) is 9.03. The molecule has 2 aromatic carbocycles. The van der Waals surface area contributed by atoms with Gasteiger partial charge in [0.25, 0.3) is 0 Å². The Balaban J connectivity index is 1.48. The van der Waals surface area contributed by atoms with Gasteiger partial charge in [-0.3, -0.25) is 14.2 Å². The highest BCUT2D eigenvalue weighted by molar-refractivity contribution is 6.31. The number of nitrogens with one attached hydrogen (secondary N) is 1. The summed E-state index contributed by atoms with van der Waals surface area (Å²) in [5, 5.41) is 14.4. The van der Waals surface area contributed by atoms with Gasteiger partial charge < -0.3 is 5.32 Å². The quantitative estimate of drug-likeness (QED) is 0.545. The predicted octanol–water partition coefficient (Wildman–Crippen LogP) is 4.44. The van der Waals surface area contributed by atoms with Crippen LogP contribution in [0.15, 0.2) is 60.9 Å². The summed E-state index contributed by atoms with van der Waals surface area (Å²) in [5.74, 6) is 0.311.